The SMILES string of the molecule is CCCCNC(=O)Cn1c(C(C)NC(=O)C2CCCO2)nc2ccccc21. The van der Waals surface area contributed by atoms with Crippen molar-refractivity contribution in [2.75, 3.05) is 13.2 Å². The van der Waals surface area contributed by atoms with Crippen LogP contribution in [-0.2, 0) is 20.9 Å². The highest BCUT2D eigenvalue weighted by atomic mass is 16.5. The van der Waals surface area contributed by atoms with E-state index in [9.17, 15) is 9.59 Å². The number of fused-ring (bicyclic) bond motifs is 1. The van der Waals surface area contributed by atoms with Gasteiger partial charge in [-0.3, -0.25) is 9.59 Å². The average Bonchev–Trinajstić information content (AvgIpc) is 3.31. The zero-order chi connectivity index (χ0) is 19.2. The van der Waals surface area contributed by atoms with Crippen molar-refractivity contribution in [1.82, 2.24) is 20.2 Å². The number of hydrogen-bond donors (Lipinski definition) is 2. The molecule has 2 N–H and O–H groups in total. The van der Waals surface area contributed by atoms with Gasteiger partial charge in [0, 0.05) is 13.2 Å². The summed E-state index contributed by atoms with van der Waals surface area (Å²) in [5, 5.41) is 5.93. The van der Waals surface area contributed by atoms with E-state index in [-0.39, 0.29) is 30.5 Å². The molecule has 1 aromatic carbocycles. The van der Waals surface area contributed by atoms with Crippen molar-refractivity contribution >= 4 is 22.8 Å². The van der Waals surface area contributed by atoms with Gasteiger partial charge in [0.1, 0.15) is 18.5 Å². The number of benzene rings is 1. The molecule has 3 rings (SSSR count). The summed E-state index contributed by atoms with van der Waals surface area (Å²) in [7, 11) is 0. The number of hydrogen-bond acceptors (Lipinski definition) is 4. The second kappa shape index (κ2) is 8.99. The van der Waals surface area contributed by atoms with Crippen molar-refractivity contribution in [2.24, 2.45) is 0 Å². The molecule has 1 aliphatic rings. The maximum Gasteiger partial charge on any atom is 0.249 e. The third-order valence-electron chi connectivity index (χ3n) is 4.81. The highest BCUT2D eigenvalue weighted by Crippen LogP contribution is 2.21. The van der Waals surface area contributed by atoms with E-state index < -0.39 is 0 Å². The Kier molecular flexibility index (Phi) is 6.45. The second-order valence-electron chi connectivity index (χ2n) is 6.98. The molecule has 7 heteroatoms. The van der Waals surface area contributed by atoms with Crippen LogP contribution in [0.25, 0.3) is 11.0 Å². The quantitative estimate of drug-likeness (QED) is 0.697. The maximum absolute atomic E-state index is 12.4. The fraction of sp³-hybridized carbons (Fsp3) is 0.550. The molecule has 0 bridgehead atoms. The van der Waals surface area contributed by atoms with Gasteiger partial charge in [0.05, 0.1) is 17.1 Å². The lowest BCUT2D eigenvalue weighted by Crippen LogP contribution is -2.37. The van der Waals surface area contributed by atoms with E-state index in [4.69, 9.17) is 4.74 Å². The van der Waals surface area contributed by atoms with Crippen LogP contribution in [0.1, 0.15) is 51.4 Å². The van der Waals surface area contributed by atoms with E-state index >= 15 is 0 Å². The summed E-state index contributed by atoms with van der Waals surface area (Å²) >= 11 is 0. The molecule has 2 heterocycles. The molecule has 2 atom stereocenters. The highest BCUT2D eigenvalue weighted by molar-refractivity contribution is 5.83. The van der Waals surface area contributed by atoms with Gasteiger partial charge in [-0.1, -0.05) is 25.5 Å². The molecule has 2 aromatic rings. The maximum atomic E-state index is 12.4. The summed E-state index contributed by atoms with van der Waals surface area (Å²) in [6.07, 6.45) is 3.25. The monoisotopic (exact) mass is 372 g/mol. The zero-order valence-electron chi connectivity index (χ0n) is 16.0. The van der Waals surface area contributed by atoms with Crippen molar-refractivity contribution in [3.63, 3.8) is 0 Å². The summed E-state index contributed by atoms with van der Waals surface area (Å²) in [5.41, 5.74) is 1.70. The van der Waals surface area contributed by atoms with Gasteiger partial charge in [-0.2, -0.15) is 0 Å². The molecule has 1 aliphatic heterocycles. The number of nitrogens with zero attached hydrogens (tertiary/aromatic N) is 2. The van der Waals surface area contributed by atoms with E-state index in [1.165, 1.54) is 0 Å². The van der Waals surface area contributed by atoms with Gasteiger partial charge in [-0.25, -0.2) is 4.98 Å². The molecule has 0 aliphatic carbocycles. The highest BCUT2D eigenvalue weighted by Gasteiger charge is 2.27. The molecular formula is C20H28N4O3. The number of imidazole rings is 1. The van der Waals surface area contributed by atoms with Crippen molar-refractivity contribution in [3.05, 3.63) is 30.1 Å². The lowest BCUT2D eigenvalue weighted by atomic mass is 10.2. The smallest absolute Gasteiger partial charge is 0.249 e. The van der Waals surface area contributed by atoms with E-state index in [1.807, 2.05) is 35.8 Å². The van der Waals surface area contributed by atoms with Gasteiger partial charge >= 0.3 is 0 Å². The molecule has 0 saturated carbocycles. The summed E-state index contributed by atoms with van der Waals surface area (Å²) < 4.78 is 7.34. The number of rotatable bonds is 8. The van der Waals surface area contributed by atoms with E-state index in [0.717, 1.165) is 36.7 Å². The Morgan fingerprint density at radius 2 is 2.19 bits per heavy atom. The standard InChI is InChI=1S/C20H28N4O3/c1-3-4-11-21-18(25)13-24-16-9-6-5-8-15(16)23-19(24)14(2)22-20(26)17-10-7-12-27-17/h5-6,8-9,14,17H,3-4,7,10-13H2,1-2H3,(H,21,25)(H,22,26). The van der Waals surface area contributed by atoms with E-state index in [1.54, 1.807) is 0 Å². The molecule has 7 nitrogen and oxygen atoms in total. The van der Waals surface area contributed by atoms with Crippen LogP contribution < -0.4 is 10.6 Å². The Hall–Kier alpha value is -2.41. The van der Waals surface area contributed by atoms with Gasteiger partial charge in [0.25, 0.3) is 0 Å². The van der Waals surface area contributed by atoms with Crippen molar-refractivity contribution in [3.8, 4) is 0 Å². The normalized spacial score (nSPS) is 17.8. The lowest BCUT2D eigenvalue weighted by molar-refractivity contribution is -0.130. The molecule has 2 unspecified atom stereocenters. The fourth-order valence-electron chi connectivity index (χ4n) is 3.35. The molecular weight excluding hydrogens is 344 g/mol. The minimum Gasteiger partial charge on any atom is -0.368 e. The zero-order valence-corrected chi connectivity index (χ0v) is 16.0. The molecule has 1 aromatic heterocycles. The Bertz CT molecular complexity index is 796. The Morgan fingerprint density at radius 1 is 1.37 bits per heavy atom. The van der Waals surface area contributed by atoms with Gasteiger partial charge in [-0.05, 0) is 38.3 Å². The van der Waals surface area contributed by atoms with Gasteiger partial charge in [0.2, 0.25) is 11.8 Å². The topological polar surface area (TPSA) is 85.2 Å². The van der Waals surface area contributed by atoms with Crippen LogP contribution in [0.15, 0.2) is 24.3 Å². The number of nitrogens with one attached hydrogen (secondary N) is 2. The van der Waals surface area contributed by atoms with Gasteiger partial charge < -0.3 is 19.9 Å². The van der Waals surface area contributed by atoms with Crippen LogP contribution in [0.4, 0.5) is 0 Å². The van der Waals surface area contributed by atoms with Gasteiger partial charge in [-0.15, -0.1) is 0 Å². The number of unbranched alkanes of at least 4 members (excludes halogenated alkanes) is 1. The van der Waals surface area contributed by atoms with E-state index in [0.29, 0.717) is 19.0 Å². The first kappa shape index (κ1) is 19.4. The number of amides is 2. The first-order valence-electron chi connectivity index (χ1n) is 9.74. The molecule has 0 radical (unpaired) electrons. The summed E-state index contributed by atoms with van der Waals surface area (Å²) in [5.74, 6) is 0.504. The molecule has 2 amide bonds. The summed E-state index contributed by atoms with van der Waals surface area (Å²) in [6, 6.07) is 7.38. The second-order valence-corrected chi connectivity index (χ2v) is 6.98. The van der Waals surface area contributed by atoms with Crippen LogP contribution >= 0.6 is 0 Å². The van der Waals surface area contributed by atoms with Crippen molar-refractivity contribution in [2.45, 2.75) is 58.2 Å². The predicted molar refractivity (Wildman–Crippen MR) is 103 cm³/mol. The first-order valence-corrected chi connectivity index (χ1v) is 9.74. The fourth-order valence-corrected chi connectivity index (χ4v) is 3.35. The molecule has 146 valence electrons. The van der Waals surface area contributed by atoms with Crippen LogP contribution in [-0.4, -0.2) is 40.6 Å². The summed E-state index contributed by atoms with van der Waals surface area (Å²) in [6.45, 7) is 5.46. The van der Waals surface area contributed by atoms with Gasteiger partial charge in [0.15, 0.2) is 0 Å². The van der Waals surface area contributed by atoms with Crippen LogP contribution in [0.5, 0.6) is 0 Å². The Labute approximate surface area is 159 Å². The minimum absolute atomic E-state index is 0.0505. The van der Waals surface area contributed by atoms with Crippen LogP contribution in [0, 0.1) is 0 Å². The third-order valence-corrected chi connectivity index (χ3v) is 4.81. The lowest BCUT2D eigenvalue weighted by Gasteiger charge is -2.18. The molecule has 1 fully saturated rings. The molecule has 0 spiro atoms. The summed E-state index contributed by atoms with van der Waals surface area (Å²) in [4.78, 5) is 29.4. The predicted octanol–water partition coefficient (Wildman–Crippen LogP) is 2.31. The molecule has 1 saturated heterocycles. The molecule has 27 heavy (non-hydrogen) atoms. The average molecular weight is 372 g/mol. The van der Waals surface area contributed by atoms with Crippen LogP contribution in [0.3, 0.4) is 0 Å². The number of para-hydroxylation sites is 2. The number of carbonyl (C=O) groups excluding carboxylic acids is 2. The number of carbonyl (C=O) groups is 2. The number of aromatic nitrogens is 2. The number of ether oxygens (including phenoxy) is 1. The largest absolute Gasteiger partial charge is 0.368 e. The van der Waals surface area contributed by atoms with Crippen LogP contribution in [0.2, 0.25) is 0 Å². The first-order chi connectivity index (χ1) is 13.1. The van der Waals surface area contributed by atoms with Crippen molar-refractivity contribution < 1.29 is 14.3 Å². The van der Waals surface area contributed by atoms with E-state index in [2.05, 4.69) is 22.5 Å². The minimum atomic E-state index is -0.386. The Morgan fingerprint density at radius 3 is 2.93 bits per heavy atom. The van der Waals surface area contributed by atoms with Crippen molar-refractivity contribution in [1.29, 1.82) is 0 Å². The Balaban J connectivity index is 1.78. The third kappa shape index (κ3) is 4.66.